The minimum absolute atomic E-state index is 0.534. The Bertz CT molecular complexity index is 286. The summed E-state index contributed by atoms with van der Waals surface area (Å²) < 4.78 is 10.7. The van der Waals surface area contributed by atoms with Crippen LogP contribution in [0.1, 0.15) is 5.56 Å². The molecule has 0 atom stereocenters. The highest BCUT2D eigenvalue weighted by Gasteiger charge is 2.14. The van der Waals surface area contributed by atoms with Crippen LogP contribution in [0.3, 0.4) is 0 Å². The molecule has 0 fully saturated rings. The summed E-state index contributed by atoms with van der Waals surface area (Å²) in [6, 6.07) is 7.98. The fourth-order valence-electron chi connectivity index (χ4n) is 1.09. The Balaban J connectivity index is 0.00000106. The molecule has 1 aromatic rings. The van der Waals surface area contributed by atoms with E-state index in [1.165, 1.54) is 0 Å². The number of alkyl halides is 1. The van der Waals surface area contributed by atoms with Crippen LogP contribution < -0.4 is 0 Å². The molecule has 0 amide bonds. The lowest BCUT2D eigenvalue weighted by Gasteiger charge is -2.36. The van der Waals surface area contributed by atoms with Crippen molar-refractivity contribution in [1.29, 1.82) is 0 Å². The van der Waals surface area contributed by atoms with Gasteiger partial charge in [0.05, 0.1) is 19.1 Å². The van der Waals surface area contributed by atoms with Crippen LogP contribution in [0.25, 0.3) is 0 Å². The van der Waals surface area contributed by atoms with E-state index < -0.39 is 10.6 Å². The largest absolute Gasteiger partial charge is 0.400 e. The fourth-order valence-corrected chi connectivity index (χ4v) is 2.42. The molecule has 1 N–H and O–H groups in total. The zero-order valence-electron chi connectivity index (χ0n) is 10.1. The van der Waals surface area contributed by atoms with E-state index in [2.05, 4.69) is 0 Å². The van der Waals surface area contributed by atoms with Crippen molar-refractivity contribution in [3.05, 3.63) is 29.8 Å². The van der Waals surface area contributed by atoms with Crippen molar-refractivity contribution in [1.82, 2.24) is 0 Å². The minimum atomic E-state index is -1.56. The molecule has 0 unspecified atom stereocenters. The monoisotopic (exact) mass is 266 g/mol. The second kappa shape index (κ2) is 7.92. The van der Waals surface area contributed by atoms with E-state index in [0.717, 1.165) is 17.6 Å². The predicted molar refractivity (Wildman–Crippen MR) is 69.9 cm³/mol. The molecular formula is C11H19ClO3S. The van der Waals surface area contributed by atoms with Crippen molar-refractivity contribution in [2.75, 3.05) is 27.6 Å². The Hall–Kier alpha value is -0.260. The summed E-state index contributed by atoms with van der Waals surface area (Å²) in [5, 5.41) is 7.00. The third kappa shape index (κ3) is 3.96. The average Bonchev–Trinajstić information content (AvgIpc) is 2.40. The number of benzene rings is 1. The Morgan fingerprint density at radius 2 is 1.56 bits per heavy atom. The van der Waals surface area contributed by atoms with Crippen LogP contribution in [-0.4, -0.2) is 32.7 Å². The van der Waals surface area contributed by atoms with Crippen LogP contribution in [0.2, 0.25) is 0 Å². The lowest BCUT2D eigenvalue weighted by molar-refractivity contribution is 0.351. The van der Waals surface area contributed by atoms with Crippen molar-refractivity contribution >= 4 is 22.2 Å². The van der Waals surface area contributed by atoms with Gasteiger partial charge in [0.2, 0.25) is 0 Å². The van der Waals surface area contributed by atoms with Crippen LogP contribution in [0.15, 0.2) is 29.2 Å². The molecular weight excluding hydrogens is 248 g/mol. The minimum Gasteiger partial charge on any atom is -0.400 e. The first-order valence-electron chi connectivity index (χ1n) is 4.65. The summed E-state index contributed by atoms with van der Waals surface area (Å²) in [4.78, 5) is 1.07. The summed E-state index contributed by atoms with van der Waals surface area (Å²) in [6.45, 7) is 0. The fraction of sp³-hybridized carbons (Fsp3) is 0.455. The molecule has 0 heterocycles. The summed E-state index contributed by atoms with van der Waals surface area (Å²) in [5.41, 5.74) is 1.10. The molecule has 0 aromatic heterocycles. The highest BCUT2D eigenvalue weighted by Crippen LogP contribution is 2.53. The number of halogens is 1. The van der Waals surface area contributed by atoms with Gasteiger partial charge in [-0.15, -0.1) is 11.6 Å². The molecule has 0 saturated heterocycles. The Kier molecular flexibility index (Phi) is 7.80. The molecule has 0 spiro atoms. The molecule has 0 saturated carbocycles. The number of rotatable bonds is 4. The number of aliphatic hydroxyl groups is 1. The number of hydrogen-bond donors (Lipinski definition) is 1. The Morgan fingerprint density at radius 1 is 1.12 bits per heavy atom. The molecule has 94 valence electrons. The molecule has 0 aliphatic heterocycles. The Labute approximate surface area is 104 Å². The lowest BCUT2D eigenvalue weighted by Crippen LogP contribution is -2.02. The van der Waals surface area contributed by atoms with Crippen molar-refractivity contribution in [3.63, 3.8) is 0 Å². The topological polar surface area (TPSA) is 38.7 Å². The van der Waals surface area contributed by atoms with E-state index in [1.807, 2.05) is 30.5 Å². The van der Waals surface area contributed by atoms with Gasteiger partial charge in [-0.2, -0.15) is 10.6 Å². The first-order chi connectivity index (χ1) is 7.66. The standard InChI is InChI=1S/C10H15ClO2S.CH4O/c1-12-14(3,13-2)10-6-4-9(8-11)5-7-10;1-2/h4-7H,8H2,1-3H3;2H,1H3. The van der Waals surface area contributed by atoms with Gasteiger partial charge >= 0.3 is 0 Å². The lowest BCUT2D eigenvalue weighted by atomic mass is 10.2. The Morgan fingerprint density at radius 3 is 1.88 bits per heavy atom. The van der Waals surface area contributed by atoms with Gasteiger partial charge in [0.1, 0.15) is 0 Å². The van der Waals surface area contributed by atoms with Gasteiger partial charge in [0, 0.05) is 19.2 Å². The van der Waals surface area contributed by atoms with Crippen LogP contribution in [0.5, 0.6) is 0 Å². The first kappa shape index (κ1) is 15.7. The SMILES string of the molecule is CO.COS(C)(OC)c1ccc(CCl)cc1. The normalized spacial score (nSPS) is 11.6. The van der Waals surface area contributed by atoms with E-state index in [1.54, 1.807) is 14.2 Å². The van der Waals surface area contributed by atoms with E-state index >= 15 is 0 Å². The van der Waals surface area contributed by atoms with Crippen LogP contribution >= 0.6 is 22.2 Å². The van der Waals surface area contributed by atoms with Gasteiger partial charge in [0.25, 0.3) is 0 Å². The van der Waals surface area contributed by atoms with Crippen molar-refractivity contribution in [3.8, 4) is 0 Å². The van der Waals surface area contributed by atoms with E-state index in [9.17, 15) is 0 Å². The van der Waals surface area contributed by atoms with E-state index in [4.69, 9.17) is 25.1 Å². The molecule has 5 heteroatoms. The highest BCUT2D eigenvalue weighted by molar-refractivity contribution is 8.25. The van der Waals surface area contributed by atoms with Crippen molar-refractivity contribution in [2.24, 2.45) is 0 Å². The van der Waals surface area contributed by atoms with Crippen LogP contribution in [0, 0.1) is 0 Å². The van der Waals surface area contributed by atoms with Gasteiger partial charge in [-0.3, -0.25) is 8.37 Å². The molecule has 16 heavy (non-hydrogen) atoms. The quantitative estimate of drug-likeness (QED) is 0.852. The van der Waals surface area contributed by atoms with Gasteiger partial charge < -0.3 is 5.11 Å². The van der Waals surface area contributed by atoms with Gasteiger partial charge in [0.15, 0.2) is 0 Å². The van der Waals surface area contributed by atoms with Crippen molar-refractivity contribution in [2.45, 2.75) is 10.8 Å². The van der Waals surface area contributed by atoms with Crippen LogP contribution in [0.4, 0.5) is 0 Å². The molecule has 0 radical (unpaired) electrons. The maximum atomic E-state index is 7.00. The zero-order chi connectivity index (χ0) is 12.6. The molecule has 0 aliphatic rings. The van der Waals surface area contributed by atoms with E-state index in [-0.39, 0.29) is 0 Å². The smallest absolute Gasteiger partial charge is 0.0608 e. The summed E-state index contributed by atoms with van der Waals surface area (Å²) >= 11 is 5.71. The maximum absolute atomic E-state index is 7.00. The third-order valence-corrected chi connectivity index (χ3v) is 4.85. The first-order valence-corrected chi connectivity index (χ1v) is 7.08. The van der Waals surface area contributed by atoms with E-state index in [0.29, 0.717) is 5.88 Å². The molecule has 3 nitrogen and oxygen atoms in total. The van der Waals surface area contributed by atoms with Gasteiger partial charge in [-0.1, -0.05) is 12.1 Å². The average molecular weight is 267 g/mol. The van der Waals surface area contributed by atoms with Gasteiger partial charge in [-0.05, 0) is 17.7 Å². The second-order valence-corrected chi connectivity index (χ2v) is 5.83. The number of hydrogen-bond acceptors (Lipinski definition) is 3. The number of aliphatic hydroxyl groups excluding tert-OH is 1. The van der Waals surface area contributed by atoms with Crippen molar-refractivity contribution < 1.29 is 13.5 Å². The molecule has 1 aromatic carbocycles. The predicted octanol–water partition coefficient (Wildman–Crippen LogP) is 2.95. The van der Waals surface area contributed by atoms with Crippen LogP contribution in [-0.2, 0) is 14.2 Å². The molecule has 0 bridgehead atoms. The second-order valence-electron chi connectivity index (χ2n) is 2.88. The molecule has 0 aliphatic carbocycles. The maximum Gasteiger partial charge on any atom is 0.0608 e. The summed E-state index contributed by atoms with van der Waals surface area (Å²) in [7, 11) is 2.76. The molecule has 1 rings (SSSR count). The summed E-state index contributed by atoms with van der Waals surface area (Å²) in [6.07, 6.45) is 1.96. The highest BCUT2D eigenvalue weighted by atomic mass is 35.5. The zero-order valence-corrected chi connectivity index (χ0v) is 11.6. The van der Waals surface area contributed by atoms with Gasteiger partial charge in [-0.25, -0.2) is 0 Å². The third-order valence-electron chi connectivity index (χ3n) is 2.14. The summed E-state index contributed by atoms with van der Waals surface area (Å²) in [5.74, 6) is 0.534.